The Bertz CT molecular complexity index is 863. The number of carbonyl (C=O) groups is 3. The second kappa shape index (κ2) is 9.03. The minimum Gasteiger partial charge on any atom is -0.462 e. The third-order valence-corrected chi connectivity index (χ3v) is 3.48. The van der Waals surface area contributed by atoms with Crippen LogP contribution in [0.25, 0.3) is 0 Å². The van der Waals surface area contributed by atoms with Crippen molar-refractivity contribution in [2.75, 3.05) is 18.5 Å². The lowest BCUT2D eigenvalue weighted by Gasteiger charge is -2.11. The fraction of sp³-hybridized carbons (Fsp3) is 0.211. The standard InChI is InChI=1S/C19H16F3NO5/c1-2-27-18(26)14-5-3-4-6-15(14)23-16(24)11-28-17(25)12-7-9-13(10-8-12)19(20,21)22/h3-10H,2,11H2,1H3,(H,23,24). The first-order valence-electron chi connectivity index (χ1n) is 8.12. The van der Waals surface area contributed by atoms with Crippen LogP contribution in [-0.4, -0.2) is 31.1 Å². The van der Waals surface area contributed by atoms with E-state index in [2.05, 4.69) is 5.32 Å². The van der Waals surface area contributed by atoms with Crippen LogP contribution in [0.3, 0.4) is 0 Å². The molecule has 0 heterocycles. The molecule has 0 saturated heterocycles. The molecular formula is C19H16F3NO5. The summed E-state index contributed by atoms with van der Waals surface area (Å²) >= 11 is 0. The van der Waals surface area contributed by atoms with Gasteiger partial charge in [-0.2, -0.15) is 13.2 Å². The van der Waals surface area contributed by atoms with Crippen molar-refractivity contribution in [1.82, 2.24) is 0 Å². The maximum absolute atomic E-state index is 12.5. The number of alkyl halides is 3. The van der Waals surface area contributed by atoms with Gasteiger partial charge in [-0.25, -0.2) is 9.59 Å². The van der Waals surface area contributed by atoms with E-state index in [0.29, 0.717) is 0 Å². The second-order valence-electron chi connectivity index (χ2n) is 5.47. The molecule has 0 fully saturated rings. The molecule has 1 N–H and O–H groups in total. The SMILES string of the molecule is CCOC(=O)c1ccccc1NC(=O)COC(=O)c1ccc(C(F)(F)F)cc1. The van der Waals surface area contributed by atoms with Crippen LogP contribution in [0, 0.1) is 0 Å². The van der Waals surface area contributed by atoms with E-state index >= 15 is 0 Å². The summed E-state index contributed by atoms with van der Waals surface area (Å²) in [5.74, 6) is -2.31. The smallest absolute Gasteiger partial charge is 0.416 e. The summed E-state index contributed by atoms with van der Waals surface area (Å²) in [4.78, 5) is 35.7. The molecule has 1 amide bonds. The minimum absolute atomic E-state index is 0.131. The lowest BCUT2D eigenvalue weighted by molar-refractivity contribution is -0.137. The minimum atomic E-state index is -4.52. The van der Waals surface area contributed by atoms with Gasteiger partial charge in [0, 0.05) is 0 Å². The molecule has 0 aliphatic rings. The molecule has 0 radical (unpaired) electrons. The van der Waals surface area contributed by atoms with Gasteiger partial charge in [-0.15, -0.1) is 0 Å². The van der Waals surface area contributed by atoms with Crippen molar-refractivity contribution in [3.63, 3.8) is 0 Å². The predicted octanol–water partition coefficient (Wildman–Crippen LogP) is 3.68. The number of nitrogens with one attached hydrogen (secondary N) is 1. The van der Waals surface area contributed by atoms with E-state index in [4.69, 9.17) is 9.47 Å². The zero-order valence-electron chi connectivity index (χ0n) is 14.7. The van der Waals surface area contributed by atoms with Crippen LogP contribution < -0.4 is 5.32 Å². The molecule has 9 heteroatoms. The molecule has 6 nitrogen and oxygen atoms in total. The Balaban J connectivity index is 1.96. The summed E-state index contributed by atoms with van der Waals surface area (Å²) < 4.78 is 47.2. The van der Waals surface area contributed by atoms with Crippen LogP contribution in [0.2, 0.25) is 0 Å². The summed E-state index contributed by atoms with van der Waals surface area (Å²) in [6.07, 6.45) is -4.52. The second-order valence-corrected chi connectivity index (χ2v) is 5.47. The van der Waals surface area contributed by atoms with Crippen molar-refractivity contribution >= 4 is 23.5 Å². The normalized spacial score (nSPS) is 10.9. The lowest BCUT2D eigenvalue weighted by Crippen LogP contribution is -2.22. The molecule has 0 unspecified atom stereocenters. The van der Waals surface area contributed by atoms with Crippen LogP contribution in [0.15, 0.2) is 48.5 Å². The Morgan fingerprint density at radius 3 is 2.18 bits per heavy atom. The first kappa shape index (κ1) is 20.9. The van der Waals surface area contributed by atoms with Crippen molar-refractivity contribution < 1.29 is 37.0 Å². The molecule has 2 aromatic carbocycles. The first-order chi connectivity index (χ1) is 13.2. The van der Waals surface area contributed by atoms with Crippen molar-refractivity contribution in [3.8, 4) is 0 Å². The summed E-state index contributed by atoms with van der Waals surface area (Å²) in [6, 6.07) is 9.51. The molecule has 0 aliphatic heterocycles. The maximum atomic E-state index is 12.5. The van der Waals surface area contributed by atoms with Crippen LogP contribution in [0.4, 0.5) is 18.9 Å². The van der Waals surface area contributed by atoms with Crippen LogP contribution in [0.1, 0.15) is 33.2 Å². The van der Waals surface area contributed by atoms with E-state index in [1.165, 1.54) is 12.1 Å². The number of anilines is 1. The number of amides is 1. The summed E-state index contributed by atoms with van der Waals surface area (Å²) in [5.41, 5.74) is -0.728. The topological polar surface area (TPSA) is 81.7 Å². The van der Waals surface area contributed by atoms with Gasteiger partial charge in [0.15, 0.2) is 6.61 Å². The molecule has 0 aliphatic carbocycles. The molecule has 0 aromatic heterocycles. The zero-order valence-corrected chi connectivity index (χ0v) is 14.7. The number of benzene rings is 2. The quantitative estimate of drug-likeness (QED) is 0.755. The average Bonchev–Trinajstić information content (AvgIpc) is 2.66. The lowest BCUT2D eigenvalue weighted by atomic mass is 10.1. The molecule has 148 valence electrons. The molecule has 2 aromatic rings. The number of hydrogen-bond donors (Lipinski definition) is 1. The Hall–Kier alpha value is -3.36. The van der Waals surface area contributed by atoms with E-state index in [-0.39, 0.29) is 23.4 Å². The Labute approximate surface area is 158 Å². The summed E-state index contributed by atoms with van der Waals surface area (Å²) in [7, 11) is 0. The zero-order chi connectivity index (χ0) is 20.7. The van der Waals surface area contributed by atoms with Crippen LogP contribution >= 0.6 is 0 Å². The van der Waals surface area contributed by atoms with Crippen molar-refractivity contribution in [2.45, 2.75) is 13.1 Å². The van der Waals surface area contributed by atoms with Crippen molar-refractivity contribution in [3.05, 3.63) is 65.2 Å². The van der Waals surface area contributed by atoms with E-state index < -0.39 is 36.2 Å². The van der Waals surface area contributed by atoms with E-state index in [1.807, 2.05) is 0 Å². The number of ether oxygens (including phenoxy) is 2. The van der Waals surface area contributed by atoms with E-state index in [9.17, 15) is 27.6 Å². The third kappa shape index (κ3) is 5.57. The fourth-order valence-corrected chi connectivity index (χ4v) is 2.17. The number of rotatable bonds is 6. The largest absolute Gasteiger partial charge is 0.462 e. The monoisotopic (exact) mass is 395 g/mol. The van der Waals surface area contributed by atoms with Crippen LogP contribution in [-0.2, 0) is 20.4 Å². The van der Waals surface area contributed by atoms with Crippen molar-refractivity contribution in [2.24, 2.45) is 0 Å². The highest BCUT2D eigenvalue weighted by Gasteiger charge is 2.30. The predicted molar refractivity (Wildman–Crippen MR) is 92.8 cm³/mol. The number of hydrogen-bond acceptors (Lipinski definition) is 5. The van der Waals surface area contributed by atoms with Crippen molar-refractivity contribution in [1.29, 1.82) is 0 Å². The Kier molecular flexibility index (Phi) is 6.75. The Morgan fingerprint density at radius 2 is 1.57 bits per heavy atom. The number of para-hydroxylation sites is 1. The van der Waals surface area contributed by atoms with Gasteiger partial charge in [0.2, 0.25) is 0 Å². The average molecular weight is 395 g/mol. The van der Waals surface area contributed by atoms with Gasteiger partial charge in [0.25, 0.3) is 5.91 Å². The van der Waals surface area contributed by atoms with E-state index in [0.717, 1.165) is 24.3 Å². The number of carbonyl (C=O) groups excluding carboxylic acids is 3. The molecule has 0 saturated carbocycles. The molecular weight excluding hydrogens is 379 g/mol. The fourth-order valence-electron chi connectivity index (χ4n) is 2.17. The van der Waals surface area contributed by atoms with Gasteiger partial charge in [0.1, 0.15) is 0 Å². The van der Waals surface area contributed by atoms with Gasteiger partial charge in [0.05, 0.1) is 29.0 Å². The maximum Gasteiger partial charge on any atom is 0.416 e. The molecule has 0 atom stereocenters. The van der Waals surface area contributed by atoms with Gasteiger partial charge in [-0.1, -0.05) is 12.1 Å². The molecule has 0 bridgehead atoms. The molecule has 28 heavy (non-hydrogen) atoms. The highest BCUT2D eigenvalue weighted by molar-refractivity contribution is 6.02. The highest BCUT2D eigenvalue weighted by atomic mass is 19.4. The molecule has 2 rings (SSSR count). The van der Waals surface area contributed by atoms with Crippen LogP contribution in [0.5, 0.6) is 0 Å². The molecule has 0 spiro atoms. The van der Waals surface area contributed by atoms with E-state index in [1.54, 1.807) is 19.1 Å². The highest BCUT2D eigenvalue weighted by Crippen LogP contribution is 2.29. The van der Waals surface area contributed by atoms with Gasteiger partial charge in [-0.3, -0.25) is 4.79 Å². The van der Waals surface area contributed by atoms with Gasteiger partial charge in [-0.05, 0) is 43.3 Å². The number of halogens is 3. The van der Waals surface area contributed by atoms with Gasteiger partial charge < -0.3 is 14.8 Å². The Morgan fingerprint density at radius 1 is 0.929 bits per heavy atom. The summed E-state index contributed by atoms with van der Waals surface area (Å²) in [5, 5.41) is 2.42. The summed E-state index contributed by atoms with van der Waals surface area (Å²) in [6.45, 7) is 1.11. The first-order valence-corrected chi connectivity index (χ1v) is 8.12. The number of esters is 2. The third-order valence-electron chi connectivity index (χ3n) is 3.48. The van der Waals surface area contributed by atoms with Gasteiger partial charge >= 0.3 is 18.1 Å².